The highest BCUT2D eigenvalue weighted by molar-refractivity contribution is 7.11. The maximum Gasteiger partial charge on any atom is 0.277 e. The third kappa shape index (κ3) is 2.73. The highest BCUT2D eigenvalue weighted by Gasteiger charge is 2.11. The lowest BCUT2D eigenvalue weighted by molar-refractivity contribution is 0.0955. The Labute approximate surface area is 129 Å². The van der Waals surface area contributed by atoms with Gasteiger partial charge in [-0.15, -0.1) is 16.4 Å². The van der Waals surface area contributed by atoms with Crippen molar-refractivity contribution in [2.24, 2.45) is 0 Å². The summed E-state index contributed by atoms with van der Waals surface area (Å²) in [4.78, 5) is 28.8. The zero-order valence-corrected chi connectivity index (χ0v) is 12.6. The van der Waals surface area contributed by atoms with Crippen LogP contribution in [0, 0.1) is 6.92 Å². The van der Waals surface area contributed by atoms with Crippen molar-refractivity contribution in [2.45, 2.75) is 13.5 Å². The van der Waals surface area contributed by atoms with E-state index in [1.54, 1.807) is 36.7 Å². The molecule has 3 aromatic rings. The van der Waals surface area contributed by atoms with Crippen molar-refractivity contribution in [3.05, 3.63) is 50.7 Å². The van der Waals surface area contributed by atoms with Crippen LogP contribution >= 0.6 is 11.3 Å². The molecule has 112 valence electrons. The highest BCUT2D eigenvalue weighted by Crippen LogP contribution is 2.11. The van der Waals surface area contributed by atoms with Gasteiger partial charge in [0.1, 0.15) is 10.4 Å². The molecule has 2 aromatic heterocycles. The molecule has 0 aliphatic heterocycles. The molecule has 0 bridgehead atoms. The highest BCUT2D eigenvalue weighted by atomic mass is 32.1. The molecule has 0 aliphatic carbocycles. The van der Waals surface area contributed by atoms with Crippen molar-refractivity contribution < 1.29 is 4.79 Å². The van der Waals surface area contributed by atoms with E-state index in [9.17, 15) is 9.59 Å². The average molecular weight is 315 g/mol. The van der Waals surface area contributed by atoms with Crippen LogP contribution in [0.15, 0.2) is 34.6 Å². The maximum atomic E-state index is 12.2. The van der Waals surface area contributed by atoms with Gasteiger partial charge in [0.2, 0.25) is 0 Å². The number of fused-ring (bicyclic) bond motifs is 1. The molecule has 0 unspecified atom stereocenters. The van der Waals surface area contributed by atoms with Crippen molar-refractivity contribution in [3.8, 4) is 0 Å². The lowest BCUT2D eigenvalue weighted by Crippen LogP contribution is -2.32. The fraction of sp³-hybridized carbons (Fsp3) is 0.214. The SMILES string of the molecule is Cc1ncsc1C(=O)NCCn1nnc2ccccc2c1=O. The molecular weight excluding hydrogens is 302 g/mol. The number of nitrogens with one attached hydrogen (secondary N) is 1. The first kappa shape index (κ1) is 14.3. The fourth-order valence-corrected chi connectivity index (χ4v) is 2.76. The van der Waals surface area contributed by atoms with Gasteiger partial charge in [-0.25, -0.2) is 9.67 Å². The summed E-state index contributed by atoms with van der Waals surface area (Å²) in [6.07, 6.45) is 0. The van der Waals surface area contributed by atoms with Crippen LogP contribution < -0.4 is 10.9 Å². The number of aryl methyl sites for hydroxylation is 1. The molecule has 3 rings (SSSR count). The smallest absolute Gasteiger partial charge is 0.277 e. The molecule has 8 heteroatoms. The van der Waals surface area contributed by atoms with E-state index in [-0.39, 0.29) is 18.0 Å². The van der Waals surface area contributed by atoms with Crippen molar-refractivity contribution >= 4 is 28.1 Å². The Morgan fingerprint density at radius 3 is 2.95 bits per heavy atom. The minimum Gasteiger partial charge on any atom is -0.349 e. The standard InChI is InChI=1S/C14H13N5O2S/c1-9-12(22-8-16-9)13(20)15-6-7-19-14(21)10-4-2-3-5-11(10)17-18-19/h2-5,8H,6-7H2,1H3,(H,15,20). The van der Waals surface area contributed by atoms with Gasteiger partial charge in [0.15, 0.2) is 0 Å². The van der Waals surface area contributed by atoms with Crippen LogP contribution in [0.3, 0.4) is 0 Å². The number of nitrogens with zero attached hydrogens (tertiary/aromatic N) is 4. The van der Waals surface area contributed by atoms with Crippen LogP contribution in [-0.4, -0.2) is 32.4 Å². The monoisotopic (exact) mass is 315 g/mol. The van der Waals surface area contributed by atoms with E-state index in [1.165, 1.54) is 16.0 Å². The van der Waals surface area contributed by atoms with Crippen molar-refractivity contribution in [1.82, 2.24) is 25.3 Å². The van der Waals surface area contributed by atoms with Gasteiger partial charge < -0.3 is 5.32 Å². The number of amides is 1. The first-order valence-corrected chi connectivity index (χ1v) is 7.55. The van der Waals surface area contributed by atoms with Crippen LogP contribution in [0.25, 0.3) is 10.9 Å². The Bertz CT molecular complexity index is 886. The van der Waals surface area contributed by atoms with Crippen LogP contribution in [-0.2, 0) is 6.54 Å². The minimum absolute atomic E-state index is 0.193. The normalized spacial score (nSPS) is 10.8. The van der Waals surface area contributed by atoms with E-state index in [0.29, 0.717) is 28.0 Å². The zero-order valence-electron chi connectivity index (χ0n) is 11.8. The van der Waals surface area contributed by atoms with Gasteiger partial charge in [0.05, 0.1) is 23.1 Å². The van der Waals surface area contributed by atoms with Crippen molar-refractivity contribution in [3.63, 3.8) is 0 Å². The van der Waals surface area contributed by atoms with Gasteiger partial charge >= 0.3 is 0 Å². The summed E-state index contributed by atoms with van der Waals surface area (Å²) >= 11 is 1.29. The van der Waals surface area contributed by atoms with Gasteiger partial charge in [0, 0.05) is 6.54 Å². The molecule has 0 saturated heterocycles. The molecule has 1 aromatic carbocycles. The fourth-order valence-electron chi connectivity index (χ4n) is 2.05. The van der Waals surface area contributed by atoms with E-state index in [0.717, 1.165) is 0 Å². The topological polar surface area (TPSA) is 89.8 Å². The lowest BCUT2D eigenvalue weighted by atomic mass is 10.2. The Balaban J connectivity index is 1.70. The van der Waals surface area contributed by atoms with E-state index in [2.05, 4.69) is 20.6 Å². The second-order valence-electron chi connectivity index (χ2n) is 4.66. The quantitative estimate of drug-likeness (QED) is 0.775. The second kappa shape index (κ2) is 6.02. The van der Waals surface area contributed by atoms with Gasteiger partial charge in [-0.1, -0.05) is 17.3 Å². The number of carbonyl (C=O) groups is 1. The lowest BCUT2D eigenvalue weighted by Gasteiger charge is -2.06. The Hall–Kier alpha value is -2.61. The number of thiazole rings is 1. The summed E-state index contributed by atoms with van der Waals surface area (Å²) in [6, 6.07) is 7.03. The van der Waals surface area contributed by atoms with Crippen LogP contribution in [0.2, 0.25) is 0 Å². The molecule has 2 heterocycles. The molecule has 0 atom stereocenters. The third-order valence-electron chi connectivity index (χ3n) is 3.19. The number of aromatic nitrogens is 4. The minimum atomic E-state index is -0.214. The zero-order chi connectivity index (χ0) is 15.5. The molecule has 22 heavy (non-hydrogen) atoms. The van der Waals surface area contributed by atoms with Gasteiger partial charge in [0.25, 0.3) is 11.5 Å². The largest absolute Gasteiger partial charge is 0.349 e. The van der Waals surface area contributed by atoms with E-state index in [4.69, 9.17) is 0 Å². The molecule has 1 N–H and O–H groups in total. The number of benzene rings is 1. The Kier molecular flexibility index (Phi) is 3.92. The molecule has 0 spiro atoms. The number of rotatable bonds is 4. The molecule has 0 aliphatic rings. The predicted molar refractivity (Wildman–Crippen MR) is 83.0 cm³/mol. The summed E-state index contributed by atoms with van der Waals surface area (Å²) in [5.41, 5.74) is 2.68. The number of carbonyl (C=O) groups excluding carboxylic acids is 1. The van der Waals surface area contributed by atoms with E-state index in [1.807, 2.05) is 0 Å². The van der Waals surface area contributed by atoms with Crippen molar-refractivity contribution in [2.75, 3.05) is 6.54 Å². The first-order valence-electron chi connectivity index (χ1n) is 6.67. The number of hydrogen-bond acceptors (Lipinski definition) is 6. The average Bonchev–Trinajstić information content (AvgIpc) is 2.96. The van der Waals surface area contributed by atoms with Crippen molar-refractivity contribution in [1.29, 1.82) is 0 Å². The van der Waals surface area contributed by atoms with Crippen LogP contribution in [0.1, 0.15) is 15.4 Å². The summed E-state index contributed by atoms with van der Waals surface area (Å²) in [7, 11) is 0. The van der Waals surface area contributed by atoms with E-state index >= 15 is 0 Å². The summed E-state index contributed by atoms with van der Waals surface area (Å²) in [6.45, 7) is 2.34. The van der Waals surface area contributed by atoms with Gasteiger partial charge in [-0.3, -0.25) is 9.59 Å². The third-order valence-corrected chi connectivity index (χ3v) is 4.12. The second-order valence-corrected chi connectivity index (χ2v) is 5.51. The Morgan fingerprint density at radius 1 is 1.36 bits per heavy atom. The summed E-state index contributed by atoms with van der Waals surface area (Å²) < 4.78 is 1.25. The molecule has 7 nitrogen and oxygen atoms in total. The molecule has 0 fully saturated rings. The Morgan fingerprint density at radius 2 is 2.18 bits per heavy atom. The van der Waals surface area contributed by atoms with Gasteiger partial charge in [-0.05, 0) is 19.1 Å². The van der Waals surface area contributed by atoms with Crippen LogP contribution in [0.5, 0.6) is 0 Å². The molecule has 0 radical (unpaired) electrons. The van der Waals surface area contributed by atoms with Crippen LogP contribution in [0.4, 0.5) is 0 Å². The maximum absolute atomic E-state index is 12.2. The number of hydrogen-bond donors (Lipinski definition) is 1. The molecule has 1 amide bonds. The summed E-state index contributed by atoms with van der Waals surface area (Å²) in [5, 5.41) is 11.1. The first-order chi connectivity index (χ1) is 10.7. The van der Waals surface area contributed by atoms with Gasteiger partial charge in [-0.2, -0.15) is 0 Å². The molecule has 0 saturated carbocycles. The predicted octanol–water partition coefficient (Wildman–Crippen LogP) is 0.986. The summed E-state index contributed by atoms with van der Waals surface area (Å²) in [5.74, 6) is -0.193. The van der Waals surface area contributed by atoms with E-state index < -0.39 is 0 Å². The molecular formula is C14H13N5O2S.